The number of aryl methyl sites for hydroxylation is 1. The Hall–Kier alpha value is -2.19. The summed E-state index contributed by atoms with van der Waals surface area (Å²) in [6.07, 6.45) is 4.23. The zero-order chi connectivity index (χ0) is 12.8. The van der Waals surface area contributed by atoms with E-state index in [1.54, 1.807) is 18.5 Å². The Morgan fingerprint density at radius 2 is 2.28 bits per heavy atom. The lowest BCUT2D eigenvalue weighted by molar-refractivity contribution is 0.439. The van der Waals surface area contributed by atoms with Gasteiger partial charge in [0.05, 0.1) is 12.7 Å². The summed E-state index contributed by atoms with van der Waals surface area (Å²) in [5, 5.41) is 12.0. The average molecular weight is 242 g/mol. The zero-order valence-corrected chi connectivity index (χ0v) is 10.2. The smallest absolute Gasteiger partial charge is 0.208 e. The van der Waals surface area contributed by atoms with Crippen LogP contribution in [0.15, 0.2) is 28.9 Å². The largest absolute Gasteiger partial charge is 0.444 e. The van der Waals surface area contributed by atoms with Gasteiger partial charge in [-0.3, -0.25) is 0 Å². The normalized spacial score (nSPS) is 10.2. The van der Waals surface area contributed by atoms with Crippen LogP contribution in [0.5, 0.6) is 0 Å². The molecule has 18 heavy (non-hydrogen) atoms. The van der Waals surface area contributed by atoms with Gasteiger partial charge in [0.1, 0.15) is 17.5 Å². The van der Waals surface area contributed by atoms with Crippen molar-refractivity contribution in [3.8, 4) is 6.07 Å². The molecule has 2 rings (SSSR count). The molecule has 0 aliphatic heterocycles. The van der Waals surface area contributed by atoms with Gasteiger partial charge < -0.3 is 9.73 Å². The first-order valence-corrected chi connectivity index (χ1v) is 5.81. The van der Waals surface area contributed by atoms with E-state index in [1.807, 2.05) is 19.1 Å². The second-order valence-electron chi connectivity index (χ2n) is 3.84. The van der Waals surface area contributed by atoms with Crippen molar-refractivity contribution in [1.82, 2.24) is 15.3 Å². The minimum Gasteiger partial charge on any atom is -0.444 e. The lowest BCUT2D eigenvalue weighted by atomic mass is 10.2. The summed E-state index contributed by atoms with van der Waals surface area (Å²) >= 11 is 0. The summed E-state index contributed by atoms with van der Waals surface area (Å²) in [4.78, 5) is 8.08. The van der Waals surface area contributed by atoms with Gasteiger partial charge in [0.25, 0.3) is 0 Å². The third kappa shape index (κ3) is 3.15. The maximum absolute atomic E-state index is 8.74. The number of nitrogens with zero attached hydrogens (tertiary/aromatic N) is 3. The van der Waals surface area contributed by atoms with E-state index in [2.05, 4.69) is 15.3 Å². The van der Waals surface area contributed by atoms with Crippen molar-refractivity contribution >= 4 is 0 Å². The van der Waals surface area contributed by atoms with Crippen molar-refractivity contribution in [2.24, 2.45) is 0 Å². The summed E-state index contributed by atoms with van der Waals surface area (Å²) in [7, 11) is 0. The Morgan fingerprint density at radius 1 is 1.39 bits per heavy atom. The molecule has 5 heteroatoms. The molecule has 2 aromatic heterocycles. The van der Waals surface area contributed by atoms with E-state index in [1.165, 1.54) is 0 Å². The van der Waals surface area contributed by atoms with Crippen molar-refractivity contribution in [2.45, 2.75) is 26.4 Å². The fourth-order valence-electron chi connectivity index (χ4n) is 1.55. The minimum absolute atomic E-state index is 0.429. The summed E-state index contributed by atoms with van der Waals surface area (Å²) in [6.45, 7) is 3.25. The highest BCUT2D eigenvalue weighted by Gasteiger charge is 2.02. The summed E-state index contributed by atoms with van der Waals surface area (Å²) < 4.78 is 5.48. The van der Waals surface area contributed by atoms with E-state index in [4.69, 9.17) is 9.68 Å². The monoisotopic (exact) mass is 242 g/mol. The highest BCUT2D eigenvalue weighted by Crippen LogP contribution is 2.05. The fraction of sp³-hybridized carbons (Fsp3) is 0.308. The molecule has 0 amide bonds. The SMILES string of the molecule is CCc1cnc(CNCc2ccnc(C#N)c2)o1. The average Bonchev–Trinajstić information content (AvgIpc) is 2.87. The fourth-order valence-corrected chi connectivity index (χ4v) is 1.55. The molecule has 0 spiro atoms. The van der Waals surface area contributed by atoms with Gasteiger partial charge in [-0.2, -0.15) is 5.26 Å². The standard InChI is InChI=1S/C13H14N4O/c1-2-12-8-17-13(18-12)9-15-7-10-3-4-16-11(5-10)6-14/h3-5,8,15H,2,7,9H2,1H3. The molecule has 1 N–H and O–H groups in total. The van der Waals surface area contributed by atoms with Crippen LogP contribution in [0.4, 0.5) is 0 Å². The number of hydrogen-bond acceptors (Lipinski definition) is 5. The molecule has 2 heterocycles. The predicted octanol–water partition coefficient (Wildman–Crippen LogP) is 1.79. The van der Waals surface area contributed by atoms with Gasteiger partial charge in [0, 0.05) is 19.2 Å². The molecular formula is C13H14N4O. The Balaban J connectivity index is 1.86. The third-order valence-electron chi connectivity index (χ3n) is 2.49. The van der Waals surface area contributed by atoms with E-state index < -0.39 is 0 Å². The lowest BCUT2D eigenvalue weighted by Gasteiger charge is -2.02. The number of hydrogen-bond donors (Lipinski definition) is 1. The molecule has 5 nitrogen and oxygen atoms in total. The first kappa shape index (κ1) is 12.3. The second kappa shape index (κ2) is 5.94. The molecular weight excluding hydrogens is 228 g/mol. The van der Waals surface area contributed by atoms with Crippen LogP contribution in [-0.4, -0.2) is 9.97 Å². The molecule has 2 aromatic rings. The summed E-state index contributed by atoms with van der Waals surface area (Å²) in [6, 6.07) is 5.66. The van der Waals surface area contributed by atoms with Gasteiger partial charge in [-0.05, 0) is 17.7 Å². The zero-order valence-electron chi connectivity index (χ0n) is 10.2. The minimum atomic E-state index is 0.429. The van der Waals surface area contributed by atoms with E-state index in [9.17, 15) is 0 Å². The van der Waals surface area contributed by atoms with Gasteiger partial charge in [0.2, 0.25) is 5.89 Å². The lowest BCUT2D eigenvalue weighted by Crippen LogP contribution is -2.13. The van der Waals surface area contributed by atoms with Gasteiger partial charge in [-0.1, -0.05) is 6.92 Å². The predicted molar refractivity (Wildman–Crippen MR) is 65.4 cm³/mol. The van der Waals surface area contributed by atoms with Gasteiger partial charge in [-0.15, -0.1) is 0 Å². The number of nitriles is 1. The number of pyridine rings is 1. The highest BCUT2D eigenvalue weighted by atomic mass is 16.4. The summed E-state index contributed by atoms with van der Waals surface area (Å²) in [5.74, 6) is 1.57. The molecule has 0 fully saturated rings. The molecule has 0 atom stereocenters. The van der Waals surface area contributed by atoms with Crippen molar-refractivity contribution in [2.75, 3.05) is 0 Å². The Morgan fingerprint density at radius 3 is 3.00 bits per heavy atom. The van der Waals surface area contributed by atoms with Crippen molar-refractivity contribution in [1.29, 1.82) is 5.26 Å². The Kier molecular flexibility index (Phi) is 4.05. The molecule has 0 unspecified atom stereocenters. The van der Waals surface area contributed by atoms with Crippen LogP contribution in [0.2, 0.25) is 0 Å². The molecule has 0 saturated carbocycles. The van der Waals surface area contributed by atoms with Crippen LogP contribution in [0.25, 0.3) is 0 Å². The topological polar surface area (TPSA) is 74.7 Å². The van der Waals surface area contributed by atoms with Crippen LogP contribution in [-0.2, 0) is 19.5 Å². The van der Waals surface area contributed by atoms with Crippen LogP contribution in [0.1, 0.15) is 29.8 Å². The number of rotatable bonds is 5. The van der Waals surface area contributed by atoms with Crippen LogP contribution >= 0.6 is 0 Å². The third-order valence-corrected chi connectivity index (χ3v) is 2.49. The molecule has 0 aliphatic rings. The highest BCUT2D eigenvalue weighted by molar-refractivity contribution is 5.25. The molecule has 92 valence electrons. The van der Waals surface area contributed by atoms with Crippen molar-refractivity contribution < 1.29 is 4.42 Å². The molecule has 0 aromatic carbocycles. The van der Waals surface area contributed by atoms with E-state index in [-0.39, 0.29) is 0 Å². The van der Waals surface area contributed by atoms with Crippen LogP contribution in [0.3, 0.4) is 0 Å². The Bertz CT molecular complexity index is 556. The molecule has 0 bridgehead atoms. The quantitative estimate of drug-likeness (QED) is 0.865. The van der Waals surface area contributed by atoms with Crippen molar-refractivity contribution in [3.63, 3.8) is 0 Å². The van der Waals surface area contributed by atoms with Gasteiger partial charge in [-0.25, -0.2) is 9.97 Å². The van der Waals surface area contributed by atoms with E-state index in [0.29, 0.717) is 24.7 Å². The molecule has 0 saturated heterocycles. The first-order chi connectivity index (χ1) is 8.81. The van der Waals surface area contributed by atoms with Crippen molar-refractivity contribution in [3.05, 3.63) is 47.4 Å². The van der Waals surface area contributed by atoms with E-state index in [0.717, 1.165) is 17.7 Å². The Labute approximate surface area is 105 Å². The van der Waals surface area contributed by atoms with Crippen LogP contribution < -0.4 is 5.32 Å². The molecule has 0 aliphatic carbocycles. The number of nitrogens with one attached hydrogen (secondary N) is 1. The second-order valence-corrected chi connectivity index (χ2v) is 3.84. The van der Waals surface area contributed by atoms with Gasteiger partial charge >= 0.3 is 0 Å². The molecule has 0 radical (unpaired) electrons. The van der Waals surface area contributed by atoms with Crippen LogP contribution in [0, 0.1) is 11.3 Å². The summed E-state index contributed by atoms with van der Waals surface area (Å²) in [5.41, 5.74) is 1.45. The maximum Gasteiger partial charge on any atom is 0.208 e. The maximum atomic E-state index is 8.74. The van der Waals surface area contributed by atoms with Gasteiger partial charge in [0.15, 0.2) is 0 Å². The number of oxazole rings is 1. The first-order valence-electron chi connectivity index (χ1n) is 5.81. The number of aromatic nitrogens is 2. The van der Waals surface area contributed by atoms with E-state index >= 15 is 0 Å².